The number of ether oxygens (including phenoxy) is 1. The molecule has 134 valence electrons. The van der Waals surface area contributed by atoms with Gasteiger partial charge in [-0.3, -0.25) is 0 Å². The lowest BCUT2D eigenvalue weighted by atomic mass is 9.92. The fourth-order valence-electron chi connectivity index (χ4n) is 2.51. The number of methoxy groups -OCH3 is 1. The lowest BCUT2D eigenvalue weighted by Crippen LogP contribution is -2.51. The molecule has 0 amide bonds. The molecule has 0 aromatic heterocycles. The van der Waals surface area contributed by atoms with Gasteiger partial charge in [0.1, 0.15) is 0 Å². The first kappa shape index (κ1) is 22.3. The zero-order valence-electron chi connectivity index (χ0n) is 14.3. The van der Waals surface area contributed by atoms with Crippen molar-refractivity contribution in [1.29, 1.82) is 0 Å². The van der Waals surface area contributed by atoms with Crippen LogP contribution in [0.5, 0.6) is 0 Å². The minimum absolute atomic E-state index is 0. The van der Waals surface area contributed by atoms with E-state index in [-0.39, 0.29) is 23.8 Å². The molecule has 3 N–H and O–H groups in total. The van der Waals surface area contributed by atoms with Crippen LogP contribution in [0.3, 0.4) is 0 Å². The average molecular weight is 365 g/mol. The van der Waals surface area contributed by atoms with E-state index >= 15 is 0 Å². The molecule has 7 heteroatoms. The molecule has 0 aliphatic rings. The fraction of sp³-hybridized carbons (Fsp3) is 0.625. The van der Waals surface area contributed by atoms with E-state index in [1.807, 2.05) is 32.9 Å². The van der Waals surface area contributed by atoms with Gasteiger partial charge in [-0.1, -0.05) is 26.0 Å². The van der Waals surface area contributed by atoms with E-state index in [9.17, 15) is 8.42 Å². The third-order valence-corrected chi connectivity index (χ3v) is 5.17. The summed E-state index contributed by atoms with van der Waals surface area (Å²) >= 11 is 0. The second-order valence-electron chi connectivity index (χ2n) is 6.36. The summed E-state index contributed by atoms with van der Waals surface area (Å²) in [4.78, 5) is 0.261. The molecule has 0 bridgehead atoms. The summed E-state index contributed by atoms with van der Waals surface area (Å²) in [6, 6.07) is 6.88. The molecule has 0 aliphatic heterocycles. The van der Waals surface area contributed by atoms with Crippen LogP contribution < -0.4 is 10.5 Å². The highest BCUT2D eigenvalue weighted by Gasteiger charge is 2.30. The van der Waals surface area contributed by atoms with Crippen molar-refractivity contribution in [2.24, 2.45) is 11.7 Å². The first-order chi connectivity index (χ1) is 10.2. The van der Waals surface area contributed by atoms with Crippen molar-refractivity contribution >= 4 is 22.4 Å². The number of benzene rings is 1. The average Bonchev–Trinajstić information content (AvgIpc) is 2.44. The highest BCUT2D eigenvalue weighted by atomic mass is 35.5. The molecular formula is C16H29ClN2O3S. The molecule has 0 saturated heterocycles. The maximum absolute atomic E-state index is 12.5. The van der Waals surface area contributed by atoms with Crippen LogP contribution in [0.4, 0.5) is 0 Å². The SMILES string of the molecule is COCCc1ccc(S(=O)(=O)NC(C)(CN)CC(C)C)cc1.Cl. The molecule has 1 rings (SSSR count). The Morgan fingerprint density at radius 1 is 1.26 bits per heavy atom. The van der Waals surface area contributed by atoms with Crippen LogP contribution in [-0.4, -0.2) is 34.2 Å². The molecule has 0 radical (unpaired) electrons. The largest absolute Gasteiger partial charge is 0.384 e. The molecule has 23 heavy (non-hydrogen) atoms. The first-order valence-corrected chi connectivity index (χ1v) is 9.02. The third kappa shape index (κ3) is 7.18. The molecule has 0 saturated carbocycles. The molecular weight excluding hydrogens is 336 g/mol. The number of nitrogens with two attached hydrogens (primary N) is 1. The van der Waals surface area contributed by atoms with E-state index in [2.05, 4.69) is 4.72 Å². The molecule has 1 aromatic rings. The topological polar surface area (TPSA) is 81.4 Å². The van der Waals surface area contributed by atoms with Crippen LogP contribution >= 0.6 is 12.4 Å². The molecule has 1 unspecified atom stereocenters. The van der Waals surface area contributed by atoms with Gasteiger partial charge in [-0.2, -0.15) is 0 Å². The Balaban J connectivity index is 0.00000484. The van der Waals surface area contributed by atoms with Crippen LogP contribution in [0, 0.1) is 5.92 Å². The first-order valence-electron chi connectivity index (χ1n) is 7.54. The maximum Gasteiger partial charge on any atom is 0.241 e. The molecule has 0 spiro atoms. The van der Waals surface area contributed by atoms with Gasteiger partial charge in [0.05, 0.1) is 11.5 Å². The normalized spacial score (nSPS) is 14.3. The second-order valence-corrected chi connectivity index (χ2v) is 8.04. The number of hydrogen-bond acceptors (Lipinski definition) is 4. The summed E-state index contributed by atoms with van der Waals surface area (Å²) in [5.41, 5.74) is 6.19. The molecule has 0 aliphatic carbocycles. The van der Waals surface area contributed by atoms with Crippen molar-refractivity contribution in [3.8, 4) is 0 Å². The summed E-state index contributed by atoms with van der Waals surface area (Å²) < 4.78 is 32.8. The van der Waals surface area contributed by atoms with E-state index < -0.39 is 15.6 Å². The smallest absolute Gasteiger partial charge is 0.241 e. The number of sulfonamides is 1. The Labute approximate surface area is 146 Å². The number of halogens is 1. The van der Waals surface area contributed by atoms with Gasteiger partial charge in [0.25, 0.3) is 0 Å². The van der Waals surface area contributed by atoms with Gasteiger partial charge in [0.2, 0.25) is 10.0 Å². The van der Waals surface area contributed by atoms with Crippen LogP contribution in [0.15, 0.2) is 29.2 Å². The van der Waals surface area contributed by atoms with Gasteiger partial charge in [-0.15, -0.1) is 12.4 Å². The van der Waals surface area contributed by atoms with Crippen molar-refractivity contribution in [3.05, 3.63) is 29.8 Å². The zero-order valence-corrected chi connectivity index (χ0v) is 16.0. The minimum atomic E-state index is -3.57. The Hall–Kier alpha value is -0.660. The number of hydrogen-bond donors (Lipinski definition) is 2. The zero-order chi connectivity index (χ0) is 16.8. The van der Waals surface area contributed by atoms with Crippen molar-refractivity contribution in [3.63, 3.8) is 0 Å². The summed E-state index contributed by atoms with van der Waals surface area (Å²) in [6.45, 7) is 6.82. The van der Waals surface area contributed by atoms with Crippen molar-refractivity contribution in [1.82, 2.24) is 4.72 Å². The van der Waals surface area contributed by atoms with E-state index in [1.54, 1.807) is 19.2 Å². The highest BCUT2D eigenvalue weighted by molar-refractivity contribution is 7.89. The fourth-order valence-corrected chi connectivity index (χ4v) is 3.93. The third-order valence-electron chi connectivity index (χ3n) is 3.52. The molecule has 1 atom stereocenters. The van der Waals surface area contributed by atoms with Gasteiger partial charge in [0.15, 0.2) is 0 Å². The van der Waals surface area contributed by atoms with Crippen LogP contribution in [0.2, 0.25) is 0 Å². The van der Waals surface area contributed by atoms with E-state index in [1.165, 1.54) is 0 Å². The summed E-state index contributed by atoms with van der Waals surface area (Å²) in [5, 5.41) is 0. The molecule has 0 heterocycles. The van der Waals surface area contributed by atoms with Gasteiger partial charge < -0.3 is 10.5 Å². The Morgan fingerprint density at radius 3 is 2.26 bits per heavy atom. The molecule has 1 aromatic carbocycles. The van der Waals surface area contributed by atoms with Gasteiger partial charge in [-0.25, -0.2) is 13.1 Å². The van der Waals surface area contributed by atoms with Gasteiger partial charge in [0, 0.05) is 19.2 Å². The Kier molecular flexibility index (Phi) is 9.32. The molecule has 0 fully saturated rings. The van der Waals surface area contributed by atoms with Gasteiger partial charge in [-0.05, 0) is 43.4 Å². The monoisotopic (exact) mass is 364 g/mol. The summed E-state index contributed by atoms with van der Waals surface area (Å²) in [6.07, 6.45) is 1.45. The van der Waals surface area contributed by atoms with Gasteiger partial charge >= 0.3 is 0 Å². The van der Waals surface area contributed by atoms with E-state index in [0.29, 0.717) is 18.9 Å². The quantitative estimate of drug-likeness (QED) is 0.704. The number of rotatable bonds is 9. The van der Waals surface area contributed by atoms with Crippen molar-refractivity contribution in [2.45, 2.75) is 44.0 Å². The van der Waals surface area contributed by atoms with Crippen LogP contribution in [0.1, 0.15) is 32.8 Å². The number of nitrogens with one attached hydrogen (secondary N) is 1. The van der Waals surface area contributed by atoms with E-state index in [0.717, 1.165) is 12.0 Å². The van der Waals surface area contributed by atoms with Crippen molar-refractivity contribution in [2.75, 3.05) is 20.3 Å². The van der Waals surface area contributed by atoms with Crippen molar-refractivity contribution < 1.29 is 13.2 Å². The minimum Gasteiger partial charge on any atom is -0.384 e. The lowest BCUT2D eigenvalue weighted by Gasteiger charge is -2.30. The predicted octanol–water partition coefficient (Wildman–Crippen LogP) is 2.34. The highest BCUT2D eigenvalue weighted by Crippen LogP contribution is 2.20. The van der Waals surface area contributed by atoms with E-state index in [4.69, 9.17) is 10.5 Å². The van der Waals surface area contributed by atoms with Crippen LogP contribution in [-0.2, 0) is 21.2 Å². The Morgan fingerprint density at radius 2 is 1.83 bits per heavy atom. The summed E-state index contributed by atoms with van der Waals surface area (Å²) in [5.74, 6) is 0.354. The second kappa shape index (κ2) is 9.59. The summed E-state index contributed by atoms with van der Waals surface area (Å²) in [7, 11) is -1.93. The molecule has 5 nitrogen and oxygen atoms in total. The Bertz CT molecular complexity index is 561. The predicted molar refractivity (Wildman–Crippen MR) is 96.5 cm³/mol. The lowest BCUT2D eigenvalue weighted by molar-refractivity contribution is 0.202. The standard InChI is InChI=1S/C16H28N2O3S.ClH/c1-13(2)11-16(3,12-17)18-22(19,20)15-7-5-14(6-8-15)9-10-21-4;/h5-8,13,18H,9-12,17H2,1-4H3;1H. The van der Waals surface area contributed by atoms with Crippen LogP contribution in [0.25, 0.3) is 0 Å². The maximum atomic E-state index is 12.5.